The second kappa shape index (κ2) is 7.92. The van der Waals surface area contributed by atoms with E-state index in [-0.39, 0.29) is 5.56 Å². The minimum Gasteiger partial charge on any atom is -0.342 e. The number of nitrogens with zero attached hydrogens (tertiary/aromatic N) is 3. The van der Waals surface area contributed by atoms with Gasteiger partial charge in [0.2, 0.25) is 0 Å². The van der Waals surface area contributed by atoms with Crippen molar-refractivity contribution in [3.05, 3.63) is 131 Å². The van der Waals surface area contributed by atoms with Crippen LogP contribution < -0.4 is 5.56 Å². The van der Waals surface area contributed by atoms with Gasteiger partial charge in [-0.2, -0.15) is 9.78 Å². The van der Waals surface area contributed by atoms with Gasteiger partial charge in [-0.3, -0.25) is 4.79 Å². The minimum atomic E-state index is -0.102. The molecule has 4 heteroatoms. The van der Waals surface area contributed by atoms with Gasteiger partial charge >= 0.3 is 0 Å². The largest absolute Gasteiger partial charge is 0.342 e. The predicted molar refractivity (Wildman–Crippen MR) is 133 cm³/mol. The Morgan fingerprint density at radius 3 is 2.06 bits per heavy atom. The molecule has 0 spiro atoms. The van der Waals surface area contributed by atoms with Gasteiger partial charge in [-0.15, -0.1) is 0 Å². The lowest BCUT2D eigenvalue weighted by Crippen LogP contribution is -2.15. The number of rotatable bonds is 4. The summed E-state index contributed by atoms with van der Waals surface area (Å²) in [4.78, 5) is 13.3. The fourth-order valence-electron chi connectivity index (χ4n) is 4.38. The molecule has 0 aliphatic carbocycles. The van der Waals surface area contributed by atoms with Gasteiger partial charge in [0, 0.05) is 18.1 Å². The molecule has 2 aliphatic heterocycles. The third-order valence-electron chi connectivity index (χ3n) is 6.05. The Balaban J connectivity index is 1.45. The van der Waals surface area contributed by atoms with Crippen LogP contribution in [0.3, 0.4) is 0 Å². The van der Waals surface area contributed by atoms with E-state index in [2.05, 4.69) is 59.2 Å². The highest BCUT2D eigenvalue weighted by atomic mass is 16.1. The van der Waals surface area contributed by atoms with Crippen LogP contribution in [0.4, 0.5) is 0 Å². The molecule has 33 heavy (non-hydrogen) atoms. The van der Waals surface area contributed by atoms with Gasteiger partial charge in [0.25, 0.3) is 5.56 Å². The van der Waals surface area contributed by atoms with E-state index in [1.54, 1.807) is 0 Å². The maximum absolute atomic E-state index is 13.3. The molecular formula is C29H21N3O. The molecule has 0 N–H and O–H groups in total. The quantitative estimate of drug-likeness (QED) is 0.346. The molecule has 2 aliphatic rings. The molecule has 0 radical (unpaired) electrons. The minimum absolute atomic E-state index is 0.102. The van der Waals surface area contributed by atoms with Crippen LogP contribution in [0, 0.1) is 0 Å². The van der Waals surface area contributed by atoms with Gasteiger partial charge < -0.3 is 4.57 Å². The predicted octanol–water partition coefficient (Wildman–Crippen LogP) is 6.01. The average Bonchev–Trinajstić information content (AvgIpc) is 3.22. The summed E-state index contributed by atoms with van der Waals surface area (Å²) in [6.45, 7) is 0.668. The third kappa shape index (κ3) is 3.42. The monoisotopic (exact) mass is 427 g/mol. The molecular weight excluding hydrogens is 406 g/mol. The number of pyridine rings is 1. The highest BCUT2D eigenvalue weighted by molar-refractivity contribution is 5.93. The summed E-state index contributed by atoms with van der Waals surface area (Å²) in [7, 11) is 0. The Bertz CT molecular complexity index is 1580. The van der Waals surface area contributed by atoms with Crippen molar-refractivity contribution in [3.8, 4) is 28.1 Å². The summed E-state index contributed by atoms with van der Waals surface area (Å²) in [6.07, 6.45) is 1.94. The highest BCUT2D eigenvalue weighted by Gasteiger charge is 2.20. The molecule has 2 heterocycles. The van der Waals surface area contributed by atoms with Gasteiger partial charge in [-0.1, -0.05) is 91.0 Å². The van der Waals surface area contributed by atoms with Gasteiger partial charge in [0.1, 0.15) is 5.69 Å². The van der Waals surface area contributed by atoms with Crippen LogP contribution in [0.5, 0.6) is 0 Å². The van der Waals surface area contributed by atoms with Crippen molar-refractivity contribution in [2.45, 2.75) is 6.54 Å². The van der Waals surface area contributed by atoms with Crippen LogP contribution in [0.1, 0.15) is 5.56 Å². The fraction of sp³-hybridized carbons (Fsp3) is 0.0345. The number of fused-ring (bicyclic) bond motifs is 3. The van der Waals surface area contributed by atoms with Crippen molar-refractivity contribution in [2.24, 2.45) is 0 Å². The number of hydrogen-bond acceptors (Lipinski definition) is 2. The van der Waals surface area contributed by atoms with Crippen molar-refractivity contribution >= 4 is 10.9 Å². The number of benzene rings is 4. The Hall–Kier alpha value is -4.44. The van der Waals surface area contributed by atoms with Crippen LogP contribution in [-0.2, 0) is 6.54 Å². The smallest absolute Gasteiger partial charge is 0.282 e. The lowest BCUT2D eigenvalue weighted by molar-refractivity contribution is 0.827. The number of hydrogen-bond donors (Lipinski definition) is 0. The van der Waals surface area contributed by atoms with Crippen molar-refractivity contribution in [1.29, 1.82) is 0 Å². The van der Waals surface area contributed by atoms with Crippen LogP contribution in [0.2, 0.25) is 0 Å². The summed E-state index contributed by atoms with van der Waals surface area (Å²) >= 11 is 0. The van der Waals surface area contributed by atoms with Gasteiger partial charge in [-0.25, -0.2) is 0 Å². The van der Waals surface area contributed by atoms with E-state index in [1.165, 1.54) is 21.4 Å². The Labute approximate surface area is 191 Å². The molecule has 6 rings (SSSR count). The van der Waals surface area contributed by atoms with Crippen LogP contribution >= 0.6 is 0 Å². The SMILES string of the molecule is O=c1c2cn(Cc3ccc(-c4ccccc4)cc3)c3ccccc3c-2nn1-c1ccccc1. The number of para-hydroxylation sites is 2. The second-order valence-corrected chi connectivity index (χ2v) is 8.15. The van der Waals surface area contributed by atoms with E-state index in [0.717, 1.165) is 22.3 Å². The molecule has 0 saturated heterocycles. The highest BCUT2D eigenvalue weighted by Crippen LogP contribution is 2.29. The second-order valence-electron chi connectivity index (χ2n) is 8.15. The van der Waals surface area contributed by atoms with Gasteiger partial charge in [-0.05, 0) is 34.9 Å². The zero-order valence-corrected chi connectivity index (χ0v) is 17.9. The van der Waals surface area contributed by atoms with E-state index in [9.17, 15) is 4.79 Å². The summed E-state index contributed by atoms with van der Waals surface area (Å²) in [5.41, 5.74) is 6.64. The van der Waals surface area contributed by atoms with Gasteiger partial charge in [0.05, 0.1) is 16.8 Å². The van der Waals surface area contributed by atoms with E-state index >= 15 is 0 Å². The first-order valence-electron chi connectivity index (χ1n) is 11.0. The molecule has 0 bridgehead atoms. The van der Waals surface area contributed by atoms with E-state index < -0.39 is 0 Å². The fourth-order valence-corrected chi connectivity index (χ4v) is 4.38. The first-order valence-corrected chi connectivity index (χ1v) is 11.0. The summed E-state index contributed by atoms with van der Waals surface area (Å²) in [5, 5.41) is 5.67. The Morgan fingerprint density at radius 1 is 0.667 bits per heavy atom. The molecule has 0 fully saturated rings. The van der Waals surface area contributed by atoms with Crippen LogP contribution in [-0.4, -0.2) is 14.3 Å². The first kappa shape index (κ1) is 19.3. The van der Waals surface area contributed by atoms with E-state index in [0.29, 0.717) is 12.1 Å². The summed E-state index contributed by atoms with van der Waals surface area (Å²) < 4.78 is 3.64. The molecule has 0 saturated carbocycles. The average molecular weight is 428 g/mol. The molecule has 0 atom stereocenters. The van der Waals surface area contributed by atoms with Crippen molar-refractivity contribution in [1.82, 2.24) is 14.3 Å². The first-order chi connectivity index (χ1) is 16.3. The summed E-state index contributed by atoms with van der Waals surface area (Å²) in [6, 6.07) is 36.7. The van der Waals surface area contributed by atoms with Crippen LogP contribution in [0.25, 0.3) is 39.0 Å². The molecule has 158 valence electrons. The topological polar surface area (TPSA) is 39.8 Å². The van der Waals surface area contributed by atoms with Gasteiger partial charge in [0.15, 0.2) is 0 Å². The maximum atomic E-state index is 13.3. The molecule has 4 aromatic rings. The van der Waals surface area contributed by atoms with E-state index in [1.807, 2.05) is 60.8 Å². The van der Waals surface area contributed by atoms with Crippen LogP contribution in [0.15, 0.2) is 120 Å². The molecule has 0 unspecified atom stereocenters. The lowest BCUT2D eigenvalue weighted by Gasteiger charge is -2.14. The zero-order chi connectivity index (χ0) is 22.2. The van der Waals surface area contributed by atoms with E-state index in [4.69, 9.17) is 5.10 Å². The molecule has 0 aromatic heterocycles. The zero-order valence-electron chi connectivity index (χ0n) is 17.9. The van der Waals surface area contributed by atoms with Crippen molar-refractivity contribution in [3.63, 3.8) is 0 Å². The molecule has 0 amide bonds. The molecule has 4 nitrogen and oxygen atoms in total. The Morgan fingerprint density at radius 2 is 1.30 bits per heavy atom. The standard InChI is InChI=1S/C29H21N3O/c33-29-26-20-31(19-21-15-17-23(18-16-21)22-9-3-1-4-10-22)27-14-8-7-13-25(27)28(26)30-32(29)24-11-5-2-6-12-24/h1-18,20H,19H2. The third-order valence-corrected chi connectivity index (χ3v) is 6.05. The normalized spacial score (nSPS) is 11.3. The van der Waals surface area contributed by atoms with Crippen molar-refractivity contribution in [2.75, 3.05) is 0 Å². The number of aromatic nitrogens is 3. The lowest BCUT2D eigenvalue weighted by atomic mass is 10.0. The maximum Gasteiger partial charge on any atom is 0.282 e. The summed E-state index contributed by atoms with van der Waals surface area (Å²) in [5.74, 6) is 0. The Kier molecular flexibility index (Phi) is 4.62. The molecule has 4 aromatic carbocycles. The van der Waals surface area contributed by atoms with Crippen molar-refractivity contribution < 1.29 is 0 Å².